The Bertz CT molecular complexity index is 458. The van der Waals surface area contributed by atoms with E-state index in [9.17, 15) is 0 Å². The summed E-state index contributed by atoms with van der Waals surface area (Å²) in [6, 6.07) is 0. The minimum absolute atomic E-state index is 0.505. The van der Waals surface area contributed by atoms with E-state index in [0.717, 1.165) is 36.7 Å². The molecule has 1 saturated heterocycles. The summed E-state index contributed by atoms with van der Waals surface area (Å²) in [5, 5.41) is 3.33. The van der Waals surface area contributed by atoms with Crippen LogP contribution >= 0.6 is 0 Å². The van der Waals surface area contributed by atoms with E-state index in [4.69, 9.17) is 0 Å². The molecule has 0 aromatic carbocycles. The van der Waals surface area contributed by atoms with Crippen LogP contribution in [-0.4, -0.2) is 33.0 Å². The first-order valence-corrected chi connectivity index (χ1v) is 5.45. The van der Waals surface area contributed by atoms with E-state index >= 15 is 0 Å². The highest BCUT2D eigenvalue weighted by molar-refractivity contribution is 5.51. The van der Waals surface area contributed by atoms with E-state index in [1.54, 1.807) is 18.6 Å². The van der Waals surface area contributed by atoms with Crippen LogP contribution in [0.1, 0.15) is 18.2 Å². The Labute approximate surface area is 93.4 Å². The lowest BCUT2D eigenvalue weighted by Crippen LogP contribution is -2.08. The number of nitrogens with one attached hydrogen (secondary N) is 2. The molecule has 5 nitrogen and oxygen atoms in total. The quantitative estimate of drug-likeness (QED) is 0.782. The third-order valence-corrected chi connectivity index (χ3v) is 2.88. The van der Waals surface area contributed by atoms with Gasteiger partial charge in [0.05, 0.1) is 18.1 Å². The van der Waals surface area contributed by atoms with Gasteiger partial charge in [0.25, 0.3) is 0 Å². The molecule has 5 heteroatoms. The fourth-order valence-corrected chi connectivity index (χ4v) is 2.00. The van der Waals surface area contributed by atoms with Crippen molar-refractivity contribution in [2.24, 2.45) is 0 Å². The Hall–Kier alpha value is -1.75. The van der Waals surface area contributed by atoms with Gasteiger partial charge in [0, 0.05) is 24.9 Å². The maximum Gasteiger partial charge on any atom is 0.110 e. The predicted octanol–water partition coefficient (Wildman–Crippen LogP) is 0.944. The molecule has 3 rings (SSSR count). The minimum Gasteiger partial charge on any atom is -0.340 e. The molecule has 1 atom stereocenters. The molecule has 3 heterocycles. The Morgan fingerprint density at radius 3 is 2.94 bits per heavy atom. The zero-order chi connectivity index (χ0) is 10.8. The molecule has 82 valence electrons. The highest BCUT2D eigenvalue weighted by Crippen LogP contribution is 2.21. The standard InChI is InChI=1S/C11H13N5/c1-2-12-5-8(1)11-15-7-10(16-11)9-6-13-3-4-14-9/h3-4,6-8,12H,1-2,5H2,(H,15,16). The number of hydrogen-bond acceptors (Lipinski definition) is 4. The molecule has 0 radical (unpaired) electrons. The fraction of sp³-hybridized carbons (Fsp3) is 0.364. The van der Waals surface area contributed by atoms with Crippen LogP contribution in [-0.2, 0) is 0 Å². The van der Waals surface area contributed by atoms with Crippen LogP contribution in [0.2, 0.25) is 0 Å². The van der Waals surface area contributed by atoms with Crippen molar-refractivity contribution in [3.63, 3.8) is 0 Å². The van der Waals surface area contributed by atoms with Gasteiger partial charge in [-0.1, -0.05) is 0 Å². The topological polar surface area (TPSA) is 66.5 Å². The van der Waals surface area contributed by atoms with E-state index in [1.807, 2.05) is 6.20 Å². The van der Waals surface area contributed by atoms with Crippen molar-refractivity contribution >= 4 is 0 Å². The Balaban J connectivity index is 1.87. The second kappa shape index (κ2) is 4.02. The maximum absolute atomic E-state index is 4.41. The van der Waals surface area contributed by atoms with Crippen molar-refractivity contribution in [1.82, 2.24) is 25.3 Å². The van der Waals surface area contributed by atoms with Crippen LogP contribution in [0.3, 0.4) is 0 Å². The molecule has 1 aliphatic rings. The van der Waals surface area contributed by atoms with Crippen LogP contribution in [0.4, 0.5) is 0 Å². The molecule has 1 aliphatic heterocycles. The molecule has 1 unspecified atom stereocenters. The lowest BCUT2D eigenvalue weighted by Gasteiger charge is -2.02. The molecule has 2 aromatic rings. The van der Waals surface area contributed by atoms with Crippen molar-refractivity contribution in [2.75, 3.05) is 13.1 Å². The first-order chi connectivity index (χ1) is 7.93. The van der Waals surface area contributed by atoms with Gasteiger partial charge in [-0.05, 0) is 13.0 Å². The minimum atomic E-state index is 0.505. The van der Waals surface area contributed by atoms with Crippen LogP contribution in [0.5, 0.6) is 0 Å². The van der Waals surface area contributed by atoms with Crippen molar-refractivity contribution in [3.05, 3.63) is 30.6 Å². The zero-order valence-electron chi connectivity index (χ0n) is 8.85. The average Bonchev–Trinajstić information content (AvgIpc) is 3.01. The molecule has 2 N–H and O–H groups in total. The Morgan fingerprint density at radius 1 is 1.19 bits per heavy atom. The summed E-state index contributed by atoms with van der Waals surface area (Å²) in [7, 11) is 0. The number of imidazole rings is 1. The highest BCUT2D eigenvalue weighted by atomic mass is 15.0. The first kappa shape index (κ1) is 9.47. The Morgan fingerprint density at radius 2 is 2.19 bits per heavy atom. The second-order valence-corrected chi connectivity index (χ2v) is 3.96. The van der Waals surface area contributed by atoms with E-state index in [0.29, 0.717) is 5.92 Å². The molecular weight excluding hydrogens is 202 g/mol. The summed E-state index contributed by atoms with van der Waals surface area (Å²) in [6.45, 7) is 2.08. The first-order valence-electron chi connectivity index (χ1n) is 5.45. The molecule has 0 saturated carbocycles. The van der Waals surface area contributed by atoms with Gasteiger partial charge in [0.15, 0.2) is 0 Å². The molecule has 0 aliphatic carbocycles. The molecule has 2 aromatic heterocycles. The van der Waals surface area contributed by atoms with Gasteiger partial charge >= 0.3 is 0 Å². The number of H-pyrrole nitrogens is 1. The lowest BCUT2D eigenvalue weighted by molar-refractivity contribution is 0.714. The van der Waals surface area contributed by atoms with E-state index < -0.39 is 0 Å². The normalized spacial score (nSPS) is 20.1. The second-order valence-electron chi connectivity index (χ2n) is 3.96. The summed E-state index contributed by atoms with van der Waals surface area (Å²) in [4.78, 5) is 16.0. The van der Waals surface area contributed by atoms with Crippen molar-refractivity contribution in [2.45, 2.75) is 12.3 Å². The third-order valence-electron chi connectivity index (χ3n) is 2.88. The van der Waals surface area contributed by atoms with E-state index in [-0.39, 0.29) is 0 Å². The molecule has 1 fully saturated rings. The molecule has 0 amide bonds. The highest BCUT2D eigenvalue weighted by Gasteiger charge is 2.19. The summed E-state index contributed by atoms with van der Waals surface area (Å²) in [6.07, 6.45) is 8.07. The van der Waals surface area contributed by atoms with E-state index in [2.05, 4.69) is 25.3 Å². The monoisotopic (exact) mass is 215 g/mol. The van der Waals surface area contributed by atoms with Gasteiger partial charge in [-0.25, -0.2) is 4.98 Å². The number of nitrogens with zero attached hydrogens (tertiary/aromatic N) is 3. The van der Waals surface area contributed by atoms with Gasteiger partial charge in [0.2, 0.25) is 0 Å². The van der Waals surface area contributed by atoms with Gasteiger partial charge < -0.3 is 10.3 Å². The maximum atomic E-state index is 4.41. The van der Waals surface area contributed by atoms with Crippen LogP contribution in [0.15, 0.2) is 24.8 Å². The molecule has 16 heavy (non-hydrogen) atoms. The van der Waals surface area contributed by atoms with Gasteiger partial charge in [0.1, 0.15) is 11.5 Å². The van der Waals surface area contributed by atoms with Crippen molar-refractivity contribution < 1.29 is 0 Å². The number of aromatic nitrogens is 4. The summed E-state index contributed by atoms with van der Waals surface area (Å²) in [5.41, 5.74) is 1.78. The number of aromatic amines is 1. The smallest absolute Gasteiger partial charge is 0.110 e. The van der Waals surface area contributed by atoms with Crippen molar-refractivity contribution in [1.29, 1.82) is 0 Å². The molecule has 0 bridgehead atoms. The average molecular weight is 215 g/mol. The molecule has 0 spiro atoms. The van der Waals surface area contributed by atoms with Crippen LogP contribution in [0.25, 0.3) is 11.4 Å². The fourth-order valence-electron chi connectivity index (χ4n) is 2.00. The van der Waals surface area contributed by atoms with Gasteiger partial charge in [-0.3, -0.25) is 9.97 Å². The Kier molecular flexibility index (Phi) is 2.38. The van der Waals surface area contributed by atoms with E-state index in [1.165, 1.54) is 0 Å². The third kappa shape index (κ3) is 1.69. The zero-order valence-corrected chi connectivity index (χ0v) is 8.85. The summed E-state index contributed by atoms with van der Waals surface area (Å²) >= 11 is 0. The van der Waals surface area contributed by atoms with Crippen LogP contribution in [0, 0.1) is 0 Å². The van der Waals surface area contributed by atoms with Crippen LogP contribution < -0.4 is 5.32 Å². The van der Waals surface area contributed by atoms with Gasteiger partial charge in [-0.15, -0.1) is 0 Å². The van der Waals surface area contributed by atoms with Gasteiger partial charge in [-0.2, -0.15) is 0 Å². The largest absolute Gasteiger partial charge is 0.340 e. The summed E-state index contributed by atoms with van der Waals surface area (Å²) in [5.74, 6) is 1.55. The number of hydrogen-bond donors (Lipinski definition) is 2. The van der Waals surface area contributed by atoms with Crippen molar-refractivity contribution in [3.8, 4) is 11.4 Å². The lowest BCUT2D eigenvalue weighted by atomic mass is 10.1. The predicted molar refractivity (Wildman–Crippen MR) is 59.8 cm³/mol. The SMILES string of the molecule is c1cnc(-c2cnc(C3CCNC3)[nH]2)cn1. The summed E-state index contributed by atoms with van der Waals surface area (Å²) < 4.78 is 0. The molecular formula is C11H13N5. The number of rotatable bonds is 2.